The second-order valence-electron chi connectivity index (χ2n) is 5.69. The van der Waals surface area contributed by atoms with Gasteiger partial charge in [-0.3, -0.25) is 4.79 Å². The molecule has 1 fully saturated rings. The Bertz CT molecular complexity index is 655. The van der Waals surface area contributed by atoms with Crippen LogP contribution in [0.15, 0.2) is 23.1 Å². The van der Waals surface area contributed by atoms with Crippen molar-refractivity contribution in [1.82, 2.24) is 10.6 Å². The van der Waals surface area contributed by atoms with E-state index in [0.29, 0.717) is 5.56 Å². The fraction of sp³-hybridized carbons (Fsp3) is 0.533. The molecule has 1 saturated heterocycles. The molecule has 7 heteroatoms. The Morgan fingerprint density at radius 3 is 2.68 bits per heavy atom. The van der Waals surface area contributed by atoms with Gasteiger partial charge in [0.1, 0.15) is 10.7 Å². The molecule has 0 aliphatic carbocycles. The van der Waals surface area contributed by atoms with Gasteiger partial charge in [-0.1, -0.05) is 12.5 Å². The molecule has 0 aromatic heterocycles. The van der Waals surface area contributed by atoms with Gasteiger partial charge < -0.3 is 10.6 Å². The largest absolute Gasteiger partial charge is 0.348 e. The van der Waals surface area contributed by atoms with E-state index in [1.54, 1.807) is 6.92 Å². The zero-order valence-corrected chi connectivity index (χ0v) is 13.5. The first-order valence-corrected chi connectivity index (χ1v) is 9.21. The average Bonchev–Trinajstić information content (AvgIpc) is 2.46. The number of halogens is 1. The third-order valence-electron chi connectivity index (χ3n) is 3.84. The lowest BCUT2D eigenvalue weighted by Gasteiger charge is -2.24. The van der Waals surface area contributed by atoms with Crippen LogP contribution in [0.25, 0.3) is 0 Å². The quantitative estimate of drug-likeness (QED) is 0.879. The molecule has 122 valence electrons. The second-order valence-corrected chi connectivity index (χ2v) is 7.68. The summed E-state index contributed by atoms with van der Waals surface area (Å²) in [7, 11) is -3.59. The minimum absolute atomic E-state index is 0.111. The number of nitrogens with one attached hydrogen (secondary N) is 2. The number of rotatable bonds is 4. The number of carbonyl (C=O) groups is 1. The van der Waals surface area contributed by atoms with Crippen LogP contribution in [0.1, 0.15) is 37.8 Å². The Balaban J connectivity index is 2.08. The third kappa shape index (κ3) is 4.04. The van der Waals surface area contributed by atoms with E-state index in [9.17, 15) is 17.6 Å². The molecule has 0 saturated carbocycles. The van der Waals surface area contributed by atoms with Crippen molar-refractivity contribution in [3.05, 3.63) is 29.6 Å². The van der Waals surface area contributed by atoms with Gasteiger partial charge in [0.25, 0.3) is 0 Å². The summed E-state index contributed by atoms with van der Waals surface area (Å²) in [6.07, 6.45) is 3.83. The fourth-order valence-electron chi connectivity index (χ4n) is 2.56. The SMILES string of the molecule is CC(NC(=O)C1CCCCN1)c1ccc(S(C)(=O)=O)c(F)c1. The monoisotopic (exact) mass is 328 g/mol. The van der Waals surface area contributed by atoms with E-state index in [1.807, 2.05) is 0 Å². The van der Waals surface area contributed by atoms with Crippen LogP contribution in [0.3, 0.4) is 0 Å². The van der Waals surface area contributed by atoms with Crippen molar-refractivity contribution >= 4 is 15.7 Å². The Morgan fingerprint density at radius 2 is 2.14 bits per heavy atom. The van der Waals surface area contributed by atoms with Crippen molar-refractivity contribution in [2.24, 2.45) is 0 Å². The van der Waals surface area contributed by atoms with Crippen molar-refractivity contribution < 1.29 is 17.6 Å². The maximum atomic E-state index is 13.9. The molecular weight excluding hydrogens is 307 g/mol. The minimum atomic E-state index is -3.59. The first kappa shape index (κ1) is 16.9. The number of benzene rings is 1. The summed E-state index contributed by atoms with van der Waals surface area (Å²) in [5, 5.41) is 5.98. The van der Waals surface area contributed by atoms with Crippen molar-refractivity contribution in [2.45, 2.75) is 43.2 Å². The topological polar surface area (TPSA) is 75.3 Å². The first-order valence-electron chi connectivity index (χ1n) is 7.32. The number of amides is 1. The number of hydrogen-bond acceptors (Lipinski definition) is 4. The van der Waals surface area contributed by atoms with Gasteiger partial charge in [-0.15, -0.1) is 0 Å². The van der Waals surface area contributed by atoms with E-state index in [1.165, 1.54) is 12.1 Å². The molecule has 2 atom stereocenters. The van der Waals surface area contributed by atoms with Crippen molar-refractivity contribution in [3.63, 3.8) is 0 Å². The van der Waals surface area contributed by atoms with Crippen LogP contribution in [0.5, 0.6) is 0 Å². The van der Waals surface area contributed by atoms with Crippen LogP contribution < -0.4 is 10.6 Å². The van der Waals surface area contributed by atoms with Gasteiger partial charge in [0, 0.05) is 6.26 Å². The standard InChI is InChI=1S/C15H21FN2O3S/c1-10(18-15(19)13-5-3-4-8-17-13)11-6-7-14(12(16)9-11)22(2,20)21/h6-7,9-10,13,17H,3-5,8H2,1-2H3,(H,18,19). The van der Waals surface area contributed by atoms with Crippen LogP contribution in [-0.4, -0.2) is 33.2 Å². The van der Waals surface area contributed by atoms with Gasteiger partial charge in [0.2, 0.25) is 5.91 Å². The summed E-state index contributed by atoms with van der Waals surface area (Å²) in [5.74, 6) is -0.906. The second kappa shape index (κ2) is 6.75. The van der Waals surface area contributed by atoms with Gasteiger partial charge in [-0.05, 0) is 44.0 Å². The average molecular weight is 328 g/mol. The van der Waals surface area contributed by atoms with Gasteiger partial charge in [0.15, 0.2) is 9.84 Å². The van der Waals surface area contributed by atoms with Crippen LogP contribution in [0, 0.1) is 5.82 Å². The maximum Gasteiger partial charge on any atom is 0.237 e. The third-order valence-corrected chi connectivity index (χ3v) is 4.97. The molecule has 1 aliphatic heterocycles. The van der Waals surface area contributed by atoms with E-state index in [2.05, 4.69) is 10.6 Å². The van der Waals surface area contributed by atoms with E-state index < -0.39 is 15.7 Å². The Labute approximate surface area is 130 Å². The first-order chi connectivity index (χ1) is 10.3. The summed E-state index contributed by atoms with van der Waals surface area (Å²) in [6, 6.07) is 3.33. The van der Waals surface area contributed by atoms with E-state index >= 15 is 0 Å². The highest BCUT2D eigenvalue weighted by Crippen LogP contribution is 2.20. The van der Waals surface area contributed by atoms with Gasteiger partial charge in [-0.2, -0.15) is 0 Å². The van der Waals surface area contributed by atoms with Crippen molar-refractivity contribution in [1.29, 1.82) is 0 Å². The normalized spacial score (nSPS) is 20.4. The molecule has 1 heterocycles. The zero-order chi connectivity index (χ0) is 16.3. The highest BCUT2D eigenvalue weighted by atomic mass is 32.2. The van der Waals surface area contributed by atoms with Crippen LogP contribution in [-0.2, 0) is 14.6 Å². The van der Waals surface area contributed by atoms with Gasteiger partial charge in [-0.25, -0.2) is 12.8 Å². The van der Waals surface area contributed by atoms with Crippen molar-refractivity contribution in [2.75, 3.05) is 12.8 Å². The summed E-state index contributed by atoms with van der Waals surface area (Å²) < 4.78 is 36.7. The molecule has 1 aliphatic rings. The molecule has 22 heavy (non-hydrogen) atoms. The molecule has 0 radical (unpaired) electrons. The maximum absolute atomic E-state index is 13.9. The van der Waals surface area contributed by atoms with Gasteiger partial charge in [0.05, 0.1) is 12.1 Å². The molecule has 2 N–H and O–H groups in total. The molecule has 2 rings (SSSR count). The Kier molecular flexibility index (Phi) is 5.18. The Morgan fingerprint density at radius 1 is 1.41 bits per heavy atom. The van der Waals surface area contributed by atoms with Crippen LogP contribution >= 0.6 is 0 Å². The van der Waals surface area contributed by atoms with E-state index in [0.717, 1.165) is 38.1 Å². The Hall–Kier alpha value is -1.47. The van der Waals surface area contributed by atoms with Crippen molar-refractivity contribution in [3.8, 4) is 0 Å². The molecular formula is C15H21FN2O3S. The number of sulfone groups is 1. The number of hydrogen-bond donors (Lipinski definition) is 2. The molecule has 0 bridgehead atoms. The molecule has 2 unspecified atom stereocenters. The highest BCUT2D eigenvalue weighted by molar-refractivity contribution is 7.90. The van der Waals surface area contributed by atoms with Crippen LogP contribution in [0.4, 0.5) is 4.39 Å². The predicted molar refractivity (Wildman–Crippen MR) is 81.7 cm³/mol. The predicted octanol–water partition coefficient (Wildman–Crippen LogP) is 1.55. The lowest BCUT2D eigenvalue weighted by Crippen LogP contribution is -2.47. The summed E-state index contributed by atoms with van der Waals surface area (Å²) in [6.45, 7) is 2.57. The molecule has 1 aromatic rings. The zero-order valence-electron chi connectivity index (χ0n) is 12.7. The van der Waals surface area contributed by atoms with Crippen LogP contribution in [0.2, 0.25) is 0 Å². The molecule has 1 aromatic carbocycles. The van der Waals surface area contributed by atoms with E-state index in [-0.39, 0.29) is 22.9 Å². The fourth-order valence-corrected chi connectivity index (χ4v) is 3.29. The number of carbonyl (C=O) groups excluding carboxylic acids is 1. The van der Waals surface area contributed by atoms with Gasteiger partial charge >= 0.3 is 0 Å². The number of piperidine rings is 1. The van der Waals surface area contributed by atoms with E-state index in [4.69, 9.17) is 0 Å². The highest BCUT2D eigenvalue weighted by Gasteiger charge is 2.23. The molecule has 1 amide bonds. The minimum Gasteiger partial charge on any atom is -0.348 e. The lowest BCUT2D eigenvalue weighted by molar-refractivity contribution is -0.124. The molecule has 0 spiro atoms. The lowest BCUT2D eigenvalue weighted by atomic mass is 10.0. The smallest absolute Gasteiger partial charge is 0.237 e. The summed E-state index contributed by atoms with van der Waals surface area (Å²) in [4.78, 5) is 11.8. The summed E-state index contributed by atoms with van der Waals surface area (Å²) in [5.41, 5.74) is 0.536. The summed E-state index contributed by atoms with van der Waals surface area (Å²) >= 11 is 0. The molecule has 5 nitrogen and oxygen atoms in total.